The van der Waals surface area contributed by atoms with Gasteiger partial charge in [0.15, 0.2) is 0 Å². The van der Waals surface area contributed by atoms with Crippen LogP contribution in [0.2, 0.25) is 0 Å². The van der Waals surface area contributed by atoms with Gasteiger partial charge in [0.05, 0.1) is 11.3 Å². The number of rotatable bonds is 6. The molecule has 0 saturated heterocycles. The van der Waals surface area contributed by atoms with Crippen molar-refractivity contribution in [3.05, 3.63) is 65.4 Å². The Labute approximate surface area is 146 Å². The number of carboxylic acids is 1. The highest BCUT2D eigenvalue weighted by Crippen LogP contribution is 2.22. The van der Waals surface area contributed by atoms with E-state index in [1.54, 1.807) is 24.4 Å². The van der Waals surface area contributed by atoms with Gasteiger partial charge in [0.25, 0.3) is 0 Å². The summed E-state index contributed by atoms with van der Waals surface area (Å²) in [6, 6.07) is 10.7. The Bertz CT molecular complexity index is 885. The summed E-state index contributed by atoms with van der Waals surface area (Å²) in [5, 5.41) is 13.7. The zero-order valence-corrected chi connectivity index (χ0v) is 14.3. The van der Waals surface area contributed by atoms with Gasteiger partial charge in [-0.05, 0) is 31.0 Å². The Kier molecular flexibility index (Phi) is 4.88. The number of benzene rings is 1. The van der Waals surface area contributed by atoms with E-state index in [2.05, 4.69) is 22.0 Å². The van der Waals surface area contributed by atoms with Crippen molar-refractivity contribution in [3.63, 3.8) is 0 Å². The van der Waals surface area contributed by atoms with E-state index in [9.17, 15) is 9.90 Å². The number of aromatic carboxylic acids is 1. The smallest absolute Gasteiger partial charge is 0.336 e. The van der Waals surface area contributed by atoms with Crippen LogP contribution in [-0.4, -0.2) is 30.8 Å². The standard InChI is InChI=1S/C19H20N4O2/c1-3-10-23-18(21-13(2)22-23)11-14-8-9-17(20-12-14)15-6-4-5-7-16(15)19(24)25/h4-9,12H,3,10-11H2,1-2H3,(H,24,25). The summed E-state index contributed by atoms with van der Waals surface area (Å²) in [5.41, 5.74) is 2.53. The van der Waals surface area contributed by atoms with E-state index < -0.39 is 5.97 Å². The van der Waals surface area contributed by atoms with E-state index in [1.165, 1.54) is 0 Å². The highest BCUT2D eigenvalue weighted by molar-refractivity contribution is 5.95. The van der Waals surface area contributed by atoms with Crippen molar-refractivity contribution in [2.24, 2.45) is 0 Å². The number of carboxylic acid groups (broad SMARTS) is 1. The third-order valence-corrected chi connectivity index (χ3v) is 3.91. The first-order chi connectivity index (χ1) is 12.1. The van der Waals surface area contributed by atoms with Gasteiger partial charge in [0.1, 0.15) is 11.6 Å². The molecule has 3 rings (SSSR count). The Hall–Kier alpha value is -3.02. The fraction of sp³-hybridized carbons (Fsp3) is 0.263. The summed E-state index contributed by atoms with van der Waals surface area (Å²) in [6.07, 6.45) is 3.42. The molecular formula is C19H20N4O2. The highest BCUT2D eigenvalue weighted by atomic mass is 16.4. The largest absolute Gasteiger partial charge is 0.478 e. The van der Waals surface area contributed by atoms with Crippen LogP contribution in [0.1, 0.15) is 40.9 Å². The van der Waals surface area contributed by atoms with Gasteiger partial charge in [-0.2, -0.15) is 5.10 Å². The third kappa shape index (κ3) is 3.74. The van der Waals surface area contributed by atoms with Crippen molar-refractivity contribution in [3.8, 4) is 11.3 Å². The van der Waals surface area contributed by atoms with Crippen molar-refractivity contribution in [2.45, 2.75) is 33.2 Å². The maximum Gasteiger partial charge on any atom is 0.336 e. The molecule has 0 spiro atoms. The molecule has 2 aromatic heterocycles. The zero-order valence-electron chi connectivity index (χ0n) is 14.3. The summed E-state index contributed by atoms with van der Waals surface area (Å²) in [7, 11) is 0. The molecule has 0 atom stereocenters. The SMILES string of the molecule is CCCn1nc(C)nc1Cc1ccc(-c2ccccc2C(=O)O)nc1. The molecule has 6 heteroatoms. The van der Waals surface area contributed by atoms with Crippen LogP contribution in [0.4, 0.5) is 0 Å². The second kappa shape index (κ2) is 7.25. The Morgan fingerprint density at radius 3 is 2.68 bits per heavy atom. The van der Waals surface area contributed by atoms with Crippen molar-refractivity contribution in [2.75, 3.05) is 0 Å². The predicted molar refractivity (Wildman–Crippen MR) is 94.5 cm³/mol. The minimum atomic E-state index is -0.954. The highest BCUT2D eigenvalue weighted by Gasteiger charge is 2.12. The number of pyridine rings is 1. The van der Waals surface area contributed by atoms with Crippen LogP contribution in [0.3, 0.4) is 0 Å². The van der Waals surface area contributed by atoms with Gasteiger partial charge >= 0.3 is 5.97 Å². The van der Waals surface area contributed by atoms with Gasteiger partial charge in [0.2, 0.25) is 0 Å². The van der Waals surface area contributed by atoms with E-state index >= 15 is 0 Å². The topological polar surface area (TPSA) is 80.9 Å². The van der Waals surface area contributed by atoms with Crippen molar-refractivity contribution in [1.82, 2.24) is 19.7 Å². The van der Waals surface area contributed by atoms with Crippen LogP contribution in [0.5, 0.6) is 0 Å². The lowest BCUT2D eigenvalue weighted by Gasteiger charge is -2.07. The molecule has 0 aliphatic carbocycles. The molecular weight excluding hydrogens is 316 g/mol. The van der Waals surface area contributed by atoms with Crippen molar-refractivity contribution < 1.29 is 9.90 Å². The van der Waals surface area contributed by atoms with Crippen LogP contribution < -0.4 is 0 Å². The van der Waals surface area contributed by atoms with Gasteiger partial charge in [-0.15, -0.1) is 0 Å². The fourth-order valence-electron chi connectivity index (χ4n) is 2.78. The van der Waals surface area contributed by atoms with Crippen molar-refractivity contribution >= 4 is 5.97 Å². The number of nitrogens with zero attached hydrogens (tertiary/aromatic N) is 4. The first kappa shape index (κ1) is 16.8. The van der Waals surface area contributed by atoms with E-state index in [0.29, 0.717) is 17.7 Å². The van der Waals surface area contributed by atoms with Crippen LogP contribution >= 0.6 is 0 Å². The van der Waals surface area contributed by atoms with Gasteiger partial charge in [-0.1, -0.05) is 31.2 Å². The normalized spacial score (nSPS) is 10.8. The number of aromatic nitrogens is 4. The van der Waals surface area contributed by atoms with Crippen LogP contribution in [0, 0.1) is 6.92 Å². The van der Waals surface area contributed by atoms with Gasteiger partial charge < -0.3 is 5.11 Å². The quantitative estimate of drug-likeness (QED) is 0.746. The lowest BCUT2D eigenvalue weighted by Crippen LogP contribution is -2.06. The Balaban J connectivity index is 1.85. The first-order valence-corrected chi connectivity index (χ1v) is 8.26. The molecule has 0 saturated carbocycles. The molecule has 0 radical (unpaired) electrons. The lowest BCUT2D eigenvalue weighted by atomic mass is 10.0. The van der Waals surface area contributed by atoms with E-state index in [-0.39, 0.29) is 5.56 Å². The Morgan fingerprint density at radius 1 is 1.20 bits per heavy atom. The average molecular weight is 336 g/mol. The molecule has 0 unspecified atom stereocenters. The average Bonchev–Trinajstić information content (AvgIpc) is 2.95. The number of hydrogen-bond donors (Lipinski definition) is 1. The molecule has 6 nitrogen and oxygen atoms in total. The summed E-state index contributed by atoms with van der Waals surface area (Å²) in [5.74, 6) is 0.730. The summed E-state index contributed by atoms with van der Waals surface area (Å²) in [6.45, 7) is 4.84. The number of hydrogen-bond acceptors (Lipinski definition) is 4. The summed E-state index contributed by atoms with van der Waals surface area (Å²) < 4.78 is 1.93. The van der Waals surface area contributed by atoms with Gasteiger partial charge in [-0.3, -0.25) is 4.98 Å². The summed E-state index contributed by atoms with van der Waals surface area (Å²) in [4.78, 5) is 20.3. The van der Waals surface area contributed by atoms with Crippen LogP contribution in [-0.2, 0) is 13.0 Å². The van der Waals surface area contributed by atoms with Gasteiger partial charge in [0, 0.05) is 24.7 Å². The van der Waals surface area contributed by atoms with Crippen LogP contribution in [0.25, 0.3) is 11.3 Å². The molecule has 1 N–H and O–H groups in total. The molecule has 128 valence electrons. The van der Waals surface area contributed by atoms with E-state index in [0.717, 1.165) is 30.2 Å². The zero-order chi connectivity index (χ0) is 17.8. The maximum absolute atomic E-state index is 11.4. The van der Waals surface area contributed by atoms with E-state index in [4.69, 9.17) is 0 Å². The molecule has 0 aliphatic heterocycles. The molecule has 25 heavy (non-hydrogen) atoms. The van der Waals surface area contributed by atoms with Crippen LogP contribution in [0.15, 0.2) is 42.6 Å². The molecule has 0 fully saturated rings. The minimum Gasteiger partial charge on any atom is -0.478 e. The third-order valence-electron chi connectivity index (χ3n) is 3.91. The second-order valence-corrected chi connectivity index (χ2v) is 5.88. The van der Waals surface area contributed by atoms with Crippen molar-refractivity contribution in [1.29, 1.82) is 0 Å². The number of carbonyl (C=O) groups is 1. The minimum absolute atomic E-state index is 0.251. The molecule has 1 aromatic carbocycles. The maximum atomic E-state index is 11.4. The number of aryl methyl sites for hydroxylation is 2. The first-order valence-electron chi connectivity index (χ1n) is 8.26. The molecule has 3 aromatic rings. The van der Waals surface area contributed by atoms with E-state index in [1.807, 2.05) is 29.8 Å². The summed E-state index contributed by atoms with van der Waals surface area (Å²) >= 11 is 0. The molecule has 0 bridgehead atoms. The van der Waals surface area contributed by atoms with Gasteiger partial charge in [-0.25, -0.2) is 14.5 Å². The Morgan fingerprint density at radius 2 is 2.00 bits per heavy atom. The molecule has 2 heterocycles. The molecule has 0 aliphatic rings. The monoisotopic (exact) mass is 336 g/mol. The lowest BCUT2D eigenvalue weighted by molar-refractivity contribution is 0.0697. The predicted octanol–water partition coefficient (Wildman–Crippen LogP) is 3.35. The molecule has 0 amide bonds. The fourth-order valence-corrected chi connectivity index (χ4v) is 2.78. The second-order valence-electron chi connectivity index (χ2n) is 5.88.